The van der Waals surface area contributed by atoms with Crippen LogP contribution in [0.5, 0.6) is 0 Å². The highest BCUT2D eigenvalue weighted by Gasteiger charge is 2.20. The summed E-state index contributed by atoms with van der Waals surface area (Å²) in [6, 6.07) is 0.599. The number of hydrogen-bond donors (Lipinski definition) is 1. The van der Waals surface area contributed by atoms with E-state index >= 15 is 0 Å². The number of nitrogens with one attached hydrogen (secondary N) is 1. The minimum Gasteiger partial charge on any atom is -0.314 e. The number of thiazole rings is 1. The van der Waals surface area contributed by atoms with Gasteiger partial charge in [-0.1, -0.05) is 13.8 Å². The van der Waals surface area contributed by atoms with Crippen molar-refractivity contribution in [1.82, 2.24) is 15.2 Å². The van der Waals surface area contributed by atoms with E-state index in [-0.39, 0.29) is 0 Å². The summed E-state index contributed by atoms with van der Waals surface area (Å²) in [5.41, 5.74) is 1.16. The van der Waals surface area contributed by atoms with Crippen molar-refractivity contribution in [3.8, 4) is 0 Å². The van der Waals surface area contributed by atoms with Gasteiger partial charge < -0.3 is 5.32 Å². The second-order valence-electron chi connectivity index (χ2n) is 5.69. The molecule has 3 nitrogen and oxygen atoms in total. The van der Waals surface area contributed by atoms with E-state index in [0.717, 1.165) is 24.7 Å². The zero-order valence-corrected chi connectivity index (χ0v) is 12.6. The molecule has 102 valence electrons. The second-order valence-corrected chi connectivity index (χ2v) is 6.63. The first-order valence-corrected chi connectivity index (χ1v) is 7.88. The number of rotatable bonds is 5. The molecule has 0 amide bonds. The number of hydrogen-bond acceptors (Lipinski definition) is 4. The van der Waals surface area contributed by atoms with E-state index in [1.165, 1.54) is 30.9 Å². The fourth-order valence-corrected chi connectivity index (χ4v) is 3.34. The SMILES string of the molecule is Cc1csc(CN2CCCC(CNC(C)C)C2)n1. The molecule has 18 heavy (non-hydrogen) atoms. The van der Waals surface area contributed by atoms with E-state index in [0.29, 0.717) is 6.04 Å². The molecular formula is C14H25N3S. The van der Waals surface area contributed by atoms with Gasteiger partial charge in [-0.25, -0.2) is 4.98 Å². The average molecular weight is 267 g/mol. The van der Waals surface area contributed by atoms with Crippen molar-refractivity contribution >= 4 is 11.3 Å². The molecule has 1 aromatic heterocycles. The van der Waals surface area contributed by atoms with Gasteiger partial charge in [0, 0.05) is 23.7 Å². The Morgan fingerprint density at radius 2 is 2.39 bits per heavy atom. The van der Waals surface area contributed by atoms with Gasteiger partial charge in [-0.3, -0.25) is 4.90 Å². The second kappa shape index (κ2) is 6.64. The molecule has 4 heteroatoms. The molecule has 1 fully saturated rings. The minimum atomic E-state index is 0.599. The summed E-state index contributed by atoms with van der Waals surface area (Å²) < 4.78 is 0. The Labute approximate surface area is 115 Å². The maximum atomic E-state index is 4.57. The Morgan fingerprint density at radius 3 is 3.06 bits per heavy atom. The van der Waals surface area contributed by atoms with E-state index < -0.39 is 0 Å². The largest absolute Gasteiger partial charge is 0.314 e. The van der Waals surface area contributed by atoms with Crippen molar-refractivity contribution in [2.75, 3.05) is 19.6 Å². The van der Waals surface area contributed by atoms with Crippen molar-refractivity contribution in [2.45, 2.75) is 46.2 Å². The zero-order chi connectivity index (χ0) is 13.0. The highest BCUT2D eigenvalue weighted by Crippen LogP contribution is 2.19. The lowest BCUT2D eigenvalue weighted by atomic mass is 9.98. The van der Waals surface area contributed by atoms with Crippen molar-refractivity contribution in [3.63, 3.8) is 0 Å². The summed E-state index contributed by atoms with van der Waals surface area (Å²) in [5, 5.41) is 6.98. The molecule has 2 rings (SSSR count). The van der Waals surface area contributed by atoms with Gasteiger partial charge >= 0.3 is 0 Å². The van der Waals surface area contributed by atoms with Crippen LogP contribution in [0.1, 0.15) is 37.4 Å². The average Bonchev–Trinajstić information content (AvgIpc) is 2.73. The summed E-state index contributed by atoms with van der Waals surface area (Å²) >= 11 is 1.79. The van der Waals surface area contributed by atoms with Gasteiger partial charge in [-0.05, 0) is 38.8 Å². The number of aromatic nitrogens is 1. The molecule has 0 spiro atoms. The molecule has 0 aromatic carbocycles. The Hall–Kier alpha value is -0.450. The zero-order valence-electron chi connectivity index (χ0n) is 11.8. The summed E-state index contributed by atoms with van der Waals surface area (Å²) in [6.45, 7) is 11.2. The third-order valence-electron chi connectivity index (χ3n) is 3.44. The van der Waals surface area contributed by atoms with Crippen LogP contribution in [0.25, 0.3) is 0 Å². The van der Waals surface area contributed by atoms with Crippen LogP contribution >= 0.6 is 11.3 Å². The molecule has 1 unspecified atom stereocenters. The molecule has 1 aliphatic rings. The Balaban J connectivity index is 1.79. The lowest BCUT2D eigenvalue weighted by Crippen LogP contribution is -2.40. The fourth-order valence-electron chi connectivity index (χ4n) is 2.53. The van der Waals surface area contributed by atoms with E-state index in [2.05, 4.69) is 41.4 Å². The van der Waals surface area contributed by atoms with Crippen LogP contribution in [-0.2, 0) is 6.54 Å². The normalized spacial score (nSPS) is 21.7. The summed E-state index contributed by atoms with van der Waals surface area (Å²) in [7, 11) is 0. The lowest BCUT2D eigenvalue weighted by Gasteiger charge is -2.32. The van der Waals surface area contributed by atoms with Gasteiger partial charge in [0.15, 0.2) is 0 Å². The van der Waals surface area contributed by atoms with Crippen molar-refractivity contribution in [1.29, 1.82) is 0 Å². The summed E-state index contributed by atoms with van der Waals surface area (Å²) in [4.78, 5) is 7.13. The van der Waals surface area contributed by atoms with Crippen molar-refractivity contribution in [3.05, 3.63) is 16.1 Å². The third kappa shape index (κ3) is 4.34. The van der Waals surface area contributed by atoms with Crippen LogP contribution in [0.15, 0.2) is 5.38 Å². The van der Waals surface area contributed by atoms with Crippen LogP contribution in [0.2, 0.25) is 0 Å². The van der Waals surface area contributed by atoms with Crippen molar-refractivity contribution < 1.29 is 0 Å². The van der Waals surface area contributed by atoms with Crippen LogP contribution in [-0.4, -0.2) is 35.6 Å². The topological polar surface area (TPSA) is 28.2 Å². The summed E-state index contributed by atoms with van der Waals surface area (Å²) in [6.07, 6.45) is 2.70. The number of piperidine rings is 1. The maximum Gasteiger partial charge on any atom is 0.107 e. The predicted molar refractivity (Wildman–Crippen MR) is 78.0 cm³/mol. The van der Waals surface area contributed by atoms with Gasteiger partial charge in [0.1, 0.15) is 5.01 Å². The first-order chi connectivity index (χ1) is 8.63. The molecule has 0 saturated carbocycles. The minimum absolute atomic E-state index is 0.599. The first kappa shape index (κ1) is 14.0. The monoisotopic (exact) mass is 267 g/mol. The van der Waals surface area contributed by atoms with Crippen molar-refractivity contribution in [2.24, 2.45) is 5.92 Å². The molecule has 0 aliphatic carbocycles. The highest BCUT2D eigenvalue weighted by molar-refractivity contribution is 7.09. The molecule has 0 radical (unpaired) electrons. The fraction of sp³-hybridized carbons (Fsp3) is 0.786. The predicted octanol–water partition coefficient (Wildman–Crippen LogP) is 2.66. The molecule has 1 aliphatic heterocycles. The molecule has 1 N–H and O–H groups in total. The van der Waals surface area contributed by atoms with Crippen LogP contribution in [0.3, 0.4) is 0 Å². The first-order valence-electron chi connectivity index (χ1n) is 7.00. The molecule has 2 heterocycles. The van der Waals surface area contributed by atoms with Gasteiger partial charge in [0.25, 0.3) is 0 Å². The maximum absolute atomic E-state index is 4.57. The van der Waals surface area contributed by atoms with Crippen LogP contribution < -0.4 is 5.32 Å². The van der Waals surface area contributed by atoms with E-state index in [4.69, 9.17) is 0 Å². The Morgan fingerprint density at radius 1 is 1.56 bits per heavy atom. The Bertz CT molecular complexity index is 362. The van der Waals surface area contributed by atoms with E-state index in [1.807, 2.05) is 0 Å². The van der Waals surface area contributed by atoms with Gasteiger partial charge in [0.2, 0.25) is 0 Å². The molecule has 1 aromatic rings. The van der Waals surface area contributed by atoms with Gasteiger partial charge in [-0.2, -0.15) is 0 Å². The molecule has 0 bridgehead atoms. The number of aryl methyl sites for hydroxylation is 1. The van der Waals surface area contributed by atoms with Crippen LogP contribution in [0.4, 0.5) is 0 Å². The van der Waals surface area contributed by atoms with Gasteiger partial charge in [-0.15, -0.1) is 11.3 Å². The quantitative estimate of drug-likeness (QED) is 0.889. The lowest BCUT2D eigenvalue weighted by molar-refractivity contribution is 0.163. The molecular weight excluding hydrogens is 242 g/mol. The third-order valence-corrected chi connectivity index (χ3v) is 4.39. The van der Waals surface area contributed by atoms with Crippen LogP contribution in [0, 0.1) is 12.8 Å². The summed E-state index contributed by atoms with van der Waals surface area (Å²) in [5.74, 6) is 0.808. The standard InChI is InChI=1S/C14H25N3S/c1-11(2)15-7-13-5-4-6-17(8-13)9-14-16-12(3)10-18-14/h10-11,13,15H,4-9H2,1-3H3. The Kier molecular flexibility index (Phi) is 5.15. The van der Waals surface area contributed by atoms with E-state index in [1.54, 1.807) is 11.3 Å². The number of likely N-dealkylation sites (tertiary alicyclic amines) is 1. The number of nitrogens with zero attached hydrogens (tertiary/aromatic N) is 2. The smallest absolute Gasteiger partial charge is 0.107 e. The highest BCUT2D eigenvalue weighted by atomic mass is 32.1. The molecule has 1 atom stereocenters. The van der Waals surface area contributed by atoms with E-state index in [9.17, 15) is 0 Å². The molecule has 1 saturated heterocycles. The van der Waals surface area contributed by atoms with Gasteiger partial charge in [0.05, 0.1) is 6.54 Å².